The molecule has 1 heterocycles. The van der Waals surface area contributed by atoms with Gasteiger partial charge in [-0.1, -0.05) is 24.3 Å². The summed E-state index contributed by atoms with van der Waals surface area (Å²) in [6, 6.07) is 10.1. The average Bonchev–Trinajstić information content (AvgIpc) is 3.45. The number of benzene rings is 2. The molecule has 2 aromatic rings. The lowest BCUT2D eigenvalue weighted by Crippen LogP contribution is -2.30. The smallest absolute Gasteiger partial charge is 0.322 e. The van der Waals surface area contributed by atoms with Crippen molar-refractivity contribution >= 4 is 29.3 Å². The predicted octanol–water partition coefficient (Wildman–Crippen LogP) is 5.12. The first-order chi connectivity index (χ1) is 14.2. The minimum absolute atomic E-state index is 0.127. The number of alkyl halides is 3. The van der Waals surface area contributed by atoms with Gasteiger partial charge in [0.1, 0.15) is 0 Å². The Balaban J connectivity index is 1.50. The quantitative estimate of drug-likeness (QED) is 0.755. The summed E-state index contributed by atoms with van der Waals surface area (Å²) < 4.78 is 37.0. The highest BCUT2D eigenvalue weighted by Gasteiger charge is 2.36. The van der Waals surface area contributed by atoms with Crippen LogP contribution in [0.3, 0.4) is 0 Å². The molecule has 0 unspecified atom stereocenters. The number of halogens is 3. The first-order valence-corrected chi connectivity index (χ1v) is 9.83. The zero-order chi connectivity index (χ0) is 21.5. The van der Waals surface area contributed by atoms with Gasteiger partial charge in [-0.15, -0.1) is 0 Å². The molecule has 0 aromatic heterocycles. The van der Waals surface area contributed by atoms with Crippen LogP contribution >= 0.6 is 0 Å². The van der Waals surface area contributed by atoms with E-state index in [1.54, 1.807) is 17.9 Å². The van der Waals surface area contributed by atoms with E-state index in [0.717, 1.165) is 36.6 Å². The molecular weight excluding hydrogens is 393 g/mol. The lowest BCUT2D eigenvalue weighted by molar-refractivity contribution is -0.119. The summed E-state index contributed by atoms with van der Waals surface area (Å²) in [5.41, 5.74) is 3.82. The SMILES string of the molecule is Cc1cc(/C=C/C(F)(F)F)ccc1C(=O)Nc1ccc2c(c1)N(C(=O)C1CC1)CC2. The summed E-state index contributed by atoms with van der Waals surface area (Å²) in [6.07, 6.45) is -0.565. The number of aryl methyl sites for hydroxylation is 1. The molecule has 1 fully saturated rings. The van der Waals surface area contributed by atoms with Gasteiger partial charge < -0.3 is 10.2 Å². The van der Waals surface area contributed by atoms with E-state index in [4.69, 9.17) is 0 Å². The van der Waals surface area contributed by atoms with Crippen molar-refractivity contribution in [2.24, 2.45) is 5.92 Å². The van der Waals surface area contributed by atoms with E-state index < -0.39 is 6.18 Å². The molecule has 2 aromatic carbocycles. The number of nitrogens with one attached hydrogen (secondary N) is 1. The van der Waals surface area contributed by atoms with Gasteiger partial charge in [0, 0.05) is 35.5 Å². The van der Waals surface area contributed by atoms with Crippen LogP contribution < -0.4 is 10.2 Å². The molecule has 1 saturated carbocycles. The van der Waals surface area contributed by atoms with Crippen LogP contribution in [0.5, 0.6) is 0 Å². The molecule has 0 saturated heterocycles. The van der Waals surface area contributed by atoms with Crippen molar-refractivity contribution in [3.63, 3.8) is 0 Å². The average molecular weight is 414 g/mol. The van der Waals surface area contributed by atoms with Crippen molar-refractivity contribution in [3.8, 4) is 0 Å². The number of hydrogen-bond donors (Lipinski definition) is 1. The van der Waals surface area contributed by atoms with E-state index in [1.807, 2.05) is 12.1 Å². The molecular formula is C23H21F3N2O2. The Morgan fingerprint density at radius 2 is 1.90 bits per heavy atom. The first-order valence-electron chi connectivity index (χ1n) is 9.83. The Morgan fingerprint density at radius 3 is 2.57 bits per heavy atom. The Morgan fingerprint density at radius 1 is 1.13 bits per heavy atom. The van der Waals surface area contributed by atoms with Crippen LogP contribution in [0.25, 0.3) is 6.08 Å². The summed E-state index contributed by atoms with van der Waals surface area (Å²) in [5.74, 6) is -0.0748. The number of fused-ring (bicyclic) bond motifs is 1. The van der Waals surface area contributed by atoms with E-state index in [9.17, 15) is 22.8 Å². The highest BCUT2D eigenvalue weighted by atomic mass is 19.4. The summed E-state index contributed by atoms with van der Waals surface area (Å²) in [5, 5.41) is 2.83. The van der Waals surface area contributed by atoms with Crippen molar-refractivity contribution < 1.29 is 22.8 Å². The summed E-state index contributed by atoms with van der Waals surface area (Å²) in [4.78, 5) is 27.0. The predicted molar refractivity (Wildman–Crippen MR) is 109 cm³/mol. The second kappa shape index (κ2) is 7.63. The molecule has 0 spiro atoms. The number of carbonyl (C=O) groups excluding carboxylic acids is 2. The van der Waals surface area contributed by atoms with Gasteiger partial charge in [0.2, 0.25) is 5.91 Å². The molecule has 0 atom stereocenters. The first kappa shape index (κ1) is 20.2. The highest BCUT2D eigenvalue weighted by molar-refractivity contribution is 6.06. The lowest BCUT2D eigenvalue weighted by atomic mass is 10.0. The molecule has 1 N–H and O–H groups in total. The number of carbonyl (C=O) groups is 2. The zero-order valence-electron chi connectivity index (χ0n) is 16.4. The minimum atomic E-state index is -4.38. The standard InChI is InChI=1S/C23H21F3N2O2/c1-14-12-15(8-10-23(24,25)26)2-7-19(14)21(29)27-18-6-5-16-9-11-28(20(16)13-18)22(30)17-3-4-17/h2,5-8,10,12-13,17H,3-4,9,11H2,1H3,(H,27,29)/b10-8+. The maximum absolute atomic E-state index is 12.7. The Kier molecular flexibility index (Phi) is 5.13. The number of rotatable bonds is 4. The topological polar surface area (TPSA) is 49.4 Å². The summed E-state index contributed by atoms with van der Waals surface area (Å²) >= 11 is 0. The molecule has 4 nitrogen and oxygen atoms in total. The van der Waals surface area contributed by atoms with Crippen molar-refractivity contribution in [3.05, 3.63) is 64.7 Å². The second-order valence-corrected chi connectivity index (χ2v) is 7.76. The van der Waals surface area contributed by atoms with Gasteiger partial charge in [-0.3, -0.25) is 9.59 Å². The van der Waals surface area contributed by atoms with Crippen molar-refractivity contribution in [2.75, 3.05) is 16.8 Å². The number of allylic oxidation sites excluding steroid dienone is 1. The third-order valence-corrected chi connectivity index (χ3v) is 5.39. The maximum atomic E-state index is 12.7. The Labute approximate surface area is 172 Å². The van der Waals surface area contributed by atoms with Crippen LogP contribution in [0.15, 0.2) is 42.5 Å². The van der Waals surface area contributed by atoms with Crippen molar-refractivity contribution in [2.45, 2.75) is 32.4 Å². The summed E-state index contributed by atoms with van der Waals surface area (Å²) in [7, 11) is 0. The van der Waals surface area contributed by atoms with Crippen molar-refractivity contribution in [1.82, 2.24) is 0 Å². The molecule has 2 amide bonds. The molecule has 1 aliphatic carbocycles. The fraction of sp³-hybridized carbons (Fsp3) is 0.304. The van der Waals surface area contributed by atoms with Gasteiger partial charge >= 0.3 is 6.18 Å². The van der Waals surface area contributed by atoms with E-state index in [0.29, 0.717) is 28.9 Å². The van der Waals surface area contributed by atoms with Gasteiger partial charge in [0.05, 0.1) is 0 Å². The van der Waals surface area contributed by atoms with E-state index in [2.05, 4.69) is 5.32 Å². The molecule has 0 radical (unpaired) electrons. The fourth-order valence-electron chi connectivity index (χ4n) is 3.67. The summed E-state index contributed by atoms with van der Waals surface area (Å²) in [6.45, 7) is 2.34. The number of amides is 2. The molecule has 7 heteroatoms. The number of nitrogens with zero attached hydrogens (tertiary/aromatic N) is 1. The third kappa shape index (κ3) is 4.40. The van der Waals surface area contributed by atoms with E-state index >= 15 is 0 Å². The Hall–Kier alpha value is -3.09. The number of hydrogen-bond acceptors (Lipinski definition) is 2. The fourth-order valence-corrected chi connectivity index (χ4v) is 3.67. The largest absolute Gasteiger partial charge is 0.409 e. The third-order valence-electron chi connectivity index (χ3n) is 5.39. The van der Waals surface area contributed by atoms with Gasteiger partial charge in [-0.05, 0) is 61.1 Å². The van der Waals surface area contributed by atoms with Crippen LogP contribution in [0.4, 0.5) is 24.5 Å². The molecule has 2 aliphatic rings. The highest BCUT2D eigenvalue weighted by Crippen LogP contribution is 2.37. The van der Waals surface area contributed by atoms with Gasteiger partial charge in [-0.2, -0.15) is 13.2 Å². The molecule has 4 rings (SSSR count). The van der Waals surface area contributed by atoms with Gasteiger partial charge in [0.15, 0.2) is 0 Å². The van der Waals surface area contributed by atoms with E-state index in [1.165, 1.54) is 18.2 Å². The molecule has 156 valence electrons. The van der Waals surface area contributed by atoms with E-state index in [-0.39, 0.29) is 23.8 Å². The molecule has 0 bridgehead atoms. The molecule has 30 heavy (non-hydrogen) atoms. The minimum Gasteiger partial charge on any atom is -0.322 e. The van der Waals surface area contributed by atoms with Crippen LogP contribution in [0.2, 0.25) is 0 Å². The lowest BCUT2D eigenvalue weighted by Gasteiger charge is -2.18. The monoisotopic (exact) mass is 414 g/mol. The van der Waals surface area contributed by atoms with Crippen LogP contribution in [-0.4, -0.2) is 24.5 Å². The normalized spacial score (nSPS) is 16.1. The maximum Gasteiger partial charge on any atom is 0.409 e. The van der Waals surface area contributed by atoms with Gasteiger partial charge in [0.25, 0.3) is 5.91 Å². The Bertz CT molecular complexity index is 1040. The van der Waals surface area contributed by atoms with Crippen LogP contribution in [-0.2, 0) is 11.2 Å². The van der Waals surface area contributed by atoms with Gasteiger partial charge in [-0.25, -0.2) is 0 Å². The van der Waals surface area contributed by atoms with Crippen LogP contribution in [0.1, 0.15) is 39.9 Å². The second-order valence-electron chi connectivity index (χ2n) is 7.76. The van der Waals surface area contributed by atoms with Crippen molar-refractivity contribution in [1.29, 1.82) is 0 Å². The zero-order valence-corrected chi connectivity index (χ0v) is 16.4. The molecule has 1 aliphatic heterocycles. The van der Waals surface area contributed by atoms with Crippen LogP contribution in [0, 0.1) is 12.8 Å². The number of anilines is 2.